The highest BCUT2D eigenvalue weighted by Crippen LogP contribution is 2.30. The van der Waals surface area contributed by atoms with Gasteiger partial charge < -0.3 is 0 Å². The van der Waals surface area contributed by atoms with Gasteiger partial charge in [-0.15, -0.1) is 0 Å². The SMILES string of the molecule is O=c1c(-c2ccccc2)cnc2c(-c3cccc4ccccc34)c[nH]n12. The highest BCUT2D eigenvalue weighted by Gasteiger charge is 2.14. The van der Waals surface area contributed by atoms with E-state index < -0.39 is 0 Å². The van der Waals surface area contributed by atoms with Crippen molar-refractivity contribution in [2.45, 2.75) is 0 Å². The van der Waals surface area contributed by atoms with Crippen LogP contribution in [0.2, 0.25) is 0 Å². The first-order valence-corrected chi connectivity index (χ1v) is 8.45. The second-order valence-electron chi connectivity index (χ2n) is 6.22. The number of aromatic amines is 1. The van der Waals surface area contributed by atoms with Crippen LogP contribution in [0.5, 0.6) is 0 Å². The fourth-order valence-corrected chi connectivity index (χ4v) is 3.43. The maximum Gasteiger partial charge on any atom is 0.280 e. The molecule has 124 valence electrons. The third kappa shape index (κ3) is 2.16. The Balaban J connectivity index is 1.76. The minimum atomic E-state index is -0.104. The second-order valence-corrected chi connectivity index (χ2v) is 6.22. The number of nitrogens with one attached hydrogen (secondary N) is 1. The maximum absolute atomic E-state index is 12.9. The molecule has 0 aliphatic carbocycles. The summed E-state index contributed by atoms with van der Waals surface area (Å²) in [5.74, 6) is 0. The van der Waals surface area contributed by atoms with Crippen molar-refractivity contribution in [3.8, 4) is 22.3 Å². The molecule has 0 radical (unpaired) electrons. The summed E-state index contributed by atoms with van der Waals surface area (Å²) >= 11 is 0. The van der Waals surface area contributed by atoms with E-state index in [4.69, 9.17) is 0 Å². The molecule has 0 fully saturated rings. The number of nitrogens with zero attached hydrogens (tertiary/aromatic N) is 2. The quantitative estimate of drug-likeness (QED) is 0.515. The molecule has 2 aromatic heterocycles. The molecule has 0 amide bonds. The molecule has 0 saturated heterocycles. The van der Waals surface area contributed by atoms with Gasteiger partial charge in [0.2, 0.25) is 0 Å². The Bertz CT molecular complexity index is 1290. The molecule has 4 nitrogen and oxygen atoms in total. The summed E-state index contributed by atoms with van der Waals surface area (Å²) < 4.78 is 1.51. The normalized spacial score (nSPS) is 11.2. The molecular weight excluding hydrogens is 322 g/mol. The molecule has 0 unspecified atom stereocenters. The van der Waals surface area contributed by atoms with Gasteiger partial charge in [-0.25, -0.2) is 9.50 Å². The van der Waals surface area contributed by atoms with Gasteiger partial charge in [0.05, 0.1) is 5.56 Å². The van der Waals surface area contributed by atoms with E-state index in [0.29, 0.717) is 11.2 Å². The molecule has 3 aromatic carbocycles. The predicted molar refractivity (Wildman–Crippen MR) is 104 cm³/mol. The van der Waals surface area contributed by atoms with Crippen LogP contribution in [0.4, 0.5) is 0 Å². The van der Waals surface area contributed by atoms with E-state index in [1.54, 1.807) is 6.20 Å². The summed E-state index contributed by atoms with van der Waals surface area (Å²) in [5, 5.41) is 5.37. The molecule has 0 spiro atoms. The lowest BCUT2D eigenvalue weighted by Gasteiger charge is -2.05. The number of hydrogen-bond donors (Lipinski definition) is 1. The Morgan fingerprint density at radius 2 is 1.54 bits per heavy atom. The van der Waals surface area contributed by atoms with E-state index in [0.717, 1.165) is 27.5 Å². The van der Waals surface area contributed by atoms with Crippen molar-refractivity contribution >= 4 is 16.4 Å². The number of H-pyrrole nitrogens is 1. The summed E-state index contributed by atoms with van der Waals surface area (Å²) in [5.41, 5.74) is 3.94. The topological polar surface area (TPSA) is 50.2 Å². The molecule has 5 rings (SSSR count). The minimum absolute atomic E-state index is 0.104. The molecule has 0 bridgehead atoms. The monoisotopic (exact) mass is 337 g/mol. The smallest absolute Gasteiger partial charge is 0.280 e. The molecule has 5 aromatic rings. The summed E-state index contributed by atoms with van der Waals surface area (Å²) in [6.45, 7) is 0. The first kappa shape index (κ1) is 14.7. The van der Waals surface area contributed by atoms with Crippen LogP contribution < -0.4 is 5.56 Å². The molecule has 0 aliphatic rings. The molecule has 26 heavy (non-hydrogen) atoms. The zero-order valence-electron chi connectivity index (χ0n) is 13.9. The summed E-state index contributed by atoms with van der Waals surface area (Å²) in [6, 6.07) is 24.0. The number of fused-ring (bicyclic) bond motifs is 2. The predicted octanol–water partition coefficient (Wildman–Crippen LogP) is 4.51. The average Bonchev–Trinajstić information content (AvgIpc) is 3.13. The fourth-order valence-electron chi connectivity index (χ4n) is 3.43. The van der Waals surface area contributed by atoms with E-state index in [-0.39, 0.29) is 5.56 Å². The van der Waals surface area contributed by atoms with E-state index in [2.05, 4.69) is 34.3 Å². The lowest BCUT2D eigenvalue weighted by molar-refractivity contribution is 0.902. The summed E-state index contributed by atoms with van der Waals surface area (Å²) in [6.07, 6.45) is 3.51. The van der Waals surface area contributed by atoms with Gasteiger partial charge >= 0.3 is 0 Å². The summed E-state index contributed by atoms with van der Waals surface area (Å²) in [7, 11) is 0. The van der Waals surface area contributed by atoms with Crippen LogP contribution in [0.1, 0.15) is 0 Å². The van der Waals surface area contributed by atoms with Crippen molar-refractivity contribution in [2.24, 2.45) is 0 Å². The number of aromatic nitrogens is 3. The lowest BCUT2D eigenvalue weighted by Crippen LogP contribution is -2.16. The molecule has 0 saturated carbocycles. The number of benzene rings is 3. The molecular formula is C22H15N3O. The number of hydrogen-bond acceptors (Lipinski definition) is 2. The average molecular weight is 337 g/mol. The fraction of sp³-hybridized carbons (Fsp3) is 0. The van der Waals surface area contributed by atoms with Crippen molar-refractivity contribution in [3.63, 3.8) is 0 Å². The van der Waals surface area contributed by atoms with Gasteiger partial charge in [0, 0.05) is 18.0 Å². The van der Waals surface area contributed by atoms with Crippen LogP contribution in [0.25, 0.3) is 38.7 Å². The van der Waals surface area contributed by atoms with Crippen LogP contribution in [-0.2, 0) is 0 Å². The molecule has 0 atom stereocenters. The van der Waals surface area contributed by atoms with Crippen LogP contribution in [0.3, 0.4) is 0 Å². The Kier molecular flexibility index (Phi) is 3.22. The highest BCUT2D eigenvalue weighted by atomic mass is 16.1. The van der Waals surface area contributed by atoms with E-state index in [1.165, 1.54) is 4.52 Å². The van der Waals surface area contributed by atoms with Crippen molar-refractivity contribution < 1.29 is 0 Å². The van der Waals surface area contributed by atoms with Gasteiger partial charge in [-0.1, -0.05) is 72.8 Å². The summed E-state index contributed by atoms with van der Waals surface area (Å²) in [4.78, 5) is 17.5. The lowest BCUT2D eigenvalue weighted by atomic mass is 10.0. The molecule has 1 N–H and O–H groups in total. The van der Waals surface area contributed by atoms with Gasteiger partial charge in [0.15, 0.2) is 5.65 Å². The first-order chi connectivity index (χ1) is 12.8. The van der Waals surface area contributed by atoms with Gasteiger partial charge in [-0.3, -0.25) is 9.89 Å². The van der Waals surface area contributed by atoms with E-state index in [1.807, 2.05) is 54.7 Å². The zero-order chi connectivity index (χ0) is 17.5. The standard InChI is InChI=1S/C22H15N3O/c26-22-19(16-7-2-1-3-8-16)13-23-21-20(14-24-25(21)22)18-12-6-10-15-9-4-5-11-17(15)18/h1-14,24H. The van der Waals surface area contributed by atoms with Crippen molar-refractivity contribution in [1.29, 1.82) is 0 Å². The van der Waals surface area contributed by atoms with E-state index in [9.17, 15) is 4.79 Å². The van der Waals surface area contributed by atoms with Crippen LogP contribution in [0, 0.1) is 0 Å². The van der Waals surface area contributed by atoms with Crippen LogP contribution in [0.15, 0.2) is 90.0 Å². The Labute approximate surface area is 149 Å². The van der Waals surface area contributed by atoms with Gasteiger partial charge in [-0.05, 0) is 21.9 Å². The van der Waals surface area contributed by atoms with Gasteiger partial charge in [0.25, 0.3) is 5.56 Å². The van der Waals surface area contributed by atoms with Crippen molar-refractivity contribution in [3.05, 3.63) is 95.5 Å². The maximum atomic E-state index is 12.9. The van der Waals surface area contributed by atoms with Gasteiger partial charge in [0.1, 0.15) is 0 Å². The highest BCUT2D eigenvalue weighted by molar-refractivity contribution is 5.99. The van der Waals surface area contributed by atoms with Crippen LogP contribution >= 0.6 is 0 Å². The molecule has 2 heterocycles. The van der Waals surface area contributed by atoms with Crippen molar-refractivity contribution in [2.75, 3.05) is 0 Å². The zero-order valence-corrected chi connectivity index (χ0v) is 13.9. The third-order valence-corrected chi connectivity index (χ3v) is 4.70. The largest absolute Gasteiger partial charge is 0.296 e. The molecule has 0 aliphatic heterocycles. The Hall–Kier alpha value is -3.66. The van der Waals surface area contributed by atoms with Crippen molar-refractivity contribution in [1.82, 2.24) is 14.6 Å². The van der Waals surface area contributed by atoms with Crippen LogP contribution in [-0.4, -0.2) is 14.6 Å². The second kappa shape index (κ2) is 5.70. The number of rotatable bonds is 2. The minimum Gasteiger partial charge on any atom is -0.296 e. The van der Waals surface area contributed by atoms with Gasteiger partial charge in [-0.2, -0.15) is 0 Å². The Morgan fingerprint density at radius 1 is 0.769 bits per heavy atom. The molecule has 4 heteroatoms. The van der Waals surface area contributed by atoms with E-state index >= 15 is 0 Å². The third-order valence-electron chi connectivity index (χ3n) is 4.70. The Morgan fingerprint density at radius 3 is 2.42 bits per heavy atom. The first-order valence-electron chi connectivity index (χ1n) is 8.45.